The van der Waals surface area contributed by atoms with E-state index in [1.54, 1.807) is 0 Å². The Morgan fingerprint density at radius 3 is 2.87 bits per heavy atom. The molecule has 1 heterocycles. The largest absolute Gasteiger partial charge is 0.378 e. The van der Waals surface area contributed by atoms with Gasteiger partial charge in [0.05, 0.1) is 6.10 Å². The van der Waals surface area contributed by atoms with Gasteiger partial charge in [0.15, 0.2) is 0 Å². The van der Waals surface area contributed by atoms with Crippen LogP contribution >= 0.6 is 0 Å². The molecular formula is C11H22N2O2. The topological polar surface area (TPSA) is 64.4 Å². The van der Waals surface area contributed by atoms with E-state index in [2.05, 4.69) is 5.32 Å². The summed E-state index contributed by atoms with van der Waals surface area (Å²) in [6.07, 6.45) is 3.90. The first-order valence-corrected chi connectivity index (χ1v) is 5.74. The van der Waals surface area contributed by atoms with E-state index in [9.17, 15) is 4.79 Å². The standard InChI is InChI=1S/C11H22N2O2/c1-8(12)6-11(14)13-9(2)7-10-4-3-5-15-10/h8-10H,3-7,12H2,1-2H3,(H,13,14). The maximum absolute atomic E-state index is 11.4. The summed E-state index contributed by atoms with van der Waals surface area (Å²) in [6.45, 7) is 4.72. The van der Waals surface area contributed by atoms with Gasteiger partial charge < -0.3 is 15.8 Å². The maximum Gasteiger partial charge on any atom is 0.221 e. The fourth-order valence-electron chi connectivity index (χ4n) is 1.91. The molecule has 3 N–H and O–H groups in total. The van der Waals surface area contributed by atoms with Gasteiger partial charge >= 0.3 is 0 Å². The molecule has 0 aromatic heterocycles. The minimum atomic E-state index is -0.0695. The number of hydrogen-bond acceptors (Lipinski definition) is 3. The van der Waals surface area contributed by atoms with E-state index in [0.29, 0.717) is 12.5 Å². The van der Waals surface area contributed by atoms with Crippen molar-refractivity contribution in [3.8, 4) is 0 Å². The van der Waals surface area contributed by atoms with Crippen LogP contribution in [-0.2, 0) is 9.53 Å². The van der Waals surface area contributed by atoms with Crippen molar-refractivity contribution in [2.24, 2.45) is 5.73 Å². The molecule has 0 bridgehead atoms. The zero-order chi connectivity index (χ0) is 11.3. The second-order valence-electron chi connectivity index (χ2n) is 4.52. The Morgan fingerprint density at radius 1 is 1.60 bits per heavy atom. The maximum atomic E-state index is 11.4. The van der Waals surface area contributed by atoms with Crippen molar-refractivity contribution in [1.82, 2.24) is 5.32 Å². The zero-order valence-corrected chi connectivity index (χ0v) is 9.66. The van der Waals surface area contributed by atoms with Crippen molar-refractivity contribution >= 4 is 5.91 Å². The van der Waals surface area contributed by atoms with E-state index in [4.69, 9.17) is 10.5 Å². The van der Waals surface area contributed by atoms with Gasteiger partial charge in [0, 0.05) is 25.1 Å². The number of hydrogen-bond donors (Lipinski definition) is 2. The molecule has 15 heavy (non-hydrogen) atoms. The van der Waals surface area contributed by atoms with E-state index >= 15 is 0 Å². The molecule has 88 valence electrons. The lowest BCUT2D eigenvalue weighted by atomic mass is 10.1. The number of carbonyl (C=O) groups excluding carboxylic acids is 1. The molecule has 1 saturated heterocycles. The molecule has 0 radical (unpaired) electrons. The van der Waals surface area contributed by atoms with Gasteiger partial charge in [-0.1, -0.05) is 0 Å². The van der Waals surface area contributed by atoms with E-state index < -0.39 is 0 Å². The van der Waals surface area contributed by atoms with Crippen molar-refractivity contribution in [3.05, 3.63) is 0 Å². The van der Waals surface area contributed by atoms with Crippen LogP contribution in [0.5, 0.6) is 0 Å². The number of nitrogens with one attached hydrogen (secondary N) is 1. The van der Waals surface area contributed by atoms with Crippen LogP contribution in [0.1, 0.15) is 39.5 Å². The molecule has 1 fully saturated rings. The third-order valence-corrected chi connectivity index (χ3v) is 2.56. The highest BCUT2D eigenvalue weighted by Gasteiger charge is 2.19. The molecule has 0 spiro atoms. The SMILES string of the molecule is CC(N)CC(=O)NC(C)CC1CCCO1. The first-order chi connectivity index (χ1) is 7.08. The van der Waals surface area contributed by atoms with Crippen molar-refractivity contribution in [2.75, 3.05) is 6.61 Å². The molecule has 3 unspecified atom stereocenters. The van der Waals surface area contributed by atoms with Crippen molar-refractivity contribution in [2.45, 2.75) is 57.7 Å². The van der Waals surface area contributed by atoms with Gasteiger partial charge in [0.25, 0.3) is 0 Å². The van der Waals surface area contributed by atoms with Crippen molar-refractivity contribution in [3.63, 3.8) is 0 Å². The molecule has 1 rings (SSSR count). The highest BCUT2D eigenvalue weighted by Crippen LogP contribution is 2.16. The fraction of sp³-hybridized carbons (Fsp3) is 0.909. The second-order valence-corrected chi connectivity index (χ2v) is 4.52. The quantitative estimate of drug-likeness (QED) is 0.711. The smallest absolute Gasteiger partial charge is 0.221 e. The minimum Gasteiger partial charge on any atom is -0.378 e. The summed E-state index contributed by atoms with van der Waals surface area (Å²) >= 11 is 0. The van der Waals surface area contributed by atoms with Gasteiger partial charge in [-0.15, -0.1) is 0 Å². The molecule has 1 aliphatic heterocycles. The molecular weight excluding hydrogens is 192 g/mol. The Balaban J connectivity index is 2.16. The Kier molecular flexibility index (Phi) is 5.05. The number of rotatable bonds is 5. The summed E-state index contributed by atoms with van der Waals surface area (Å²) in [5, 5.41) is 2.94. The Morgan fingerprint density at radius 2 is 2.33 bits per heavy atom. The van der Waals surface area contributed by atoms with Gasteiger partial charge in [-0.3, -0.25) is 4.79 Å². The van der Waals surface area contributed by atoms with Crippen LogP contribution in [0.4, 0.5) is 0 Å². The average Bonchev–Trinajstić information content (AvgIpc) is 2.53. The second kappa shape index (κ2) is 6.08. The van der Waals surface area contributed by atoms with Crippen molar-refractivity contribution < 1.29 is 9.53 Å². The van der Waals surface area contributed by atoms with Crippen molar-refractivity contribution in [1.29, 1.82) is 0 Å². The summed E-state index contributed by atoms with van der Waals surface area (Å²) in [5.41, 5.74) is 5.55. The first kappa shape index (κ1) is 12.5. The Hall–Kier alpha value is -0.610. The molecule has 0 aliphatic carbocycles. The lowest BCUT2D eigenvalue weighted by Gasteiger charge is -2.18. The molecule has 3 atom stereocenters. The molecule has 1 aliphatic rings. The number of amides is 1. The summed E-state index contributed by atoms with van der Waals surface area (Å²) in [6, 6.07) is 0.110. The van der Waals surface area contributed by atoms with Crippen LogP contribution < -0.4 is 11.1 Å². The normalized spacial score (nSPS) is 24.9. The molecule has 0 aromatic carbocycles. The summed E-state index contributed by atoms with van der Waals surface area (Å²) in [4.78, 5) is 11.4. The van der Waals surface area contributed by atoms with Gasteiger partial charge in [-0.05, 0) is 33.1 Å². The minimum absolute atomic E-state index is 0.0375. The predicted molar refractivity (Wildman–Crippen MR) is 59.5 cm³/mol. The van der Waals surface area contributed by atoms with Crippen LogP contribution in [0.15, 0.2) is 0 Å². The summed E-state index contributed by atoms with van der Waals surface area (Å²) in [7, 11) is 0. The van der Waals surface area contributed by atoms with Gasteiger partial charge in [0.1, 0.15) is 0 Å². The van der Waals surface area contributed by atoms with E-state index in [1.807, 2.05) is 13.8 Å². The molecule has 1 amide bonds. The first-order valence-electron chi connectivity index (χ1n) is 5.74. The van der Waals surface area contributed by atoms with Crippen LogP contribution in [-0.4, -0.2) is 30.7 Å². The van der Waals surface area contributed by atoms with E-state index in [-0.39, 0.29) is 18.0 Å². The average molecular weight is 214 g/mol. The molecule has 0 aromatic rings. The van der Waals surface area contributed by atoms with Crippen LogP contribution in [0.3, 0.4) is 0 Å². The molecule has 0 saturated carbocycles. The number of nitrogens with two attached hydrogens (primary N) is 1. The Labute approximate surface area is 91.5 Å². The van der Waals surface area contributed by atoms with Gasteiger partial charge in [-0.2, -0.15) is 0 Å². The Bertz CT molecular complexity index is 201. The highest BCUT2D eigenvalue weighted by molar-refractivity contribution is 5.76. The van der Waals surface area contributed by atoms with Gasteiger partial charge in [-0.25, -0.2) is 0 Å². The van der Waals surface area contributed by atoms with E-state index in [0.717, 1.165) is 25.9 Å². The van der Waals surface area contributed by atoms with Crippen LogP contribution in [0.25, 0.3) is 0 Å². The fourth-order valence-corrected chi connectivity index (χ4v) is 1.91. The van der Waals surface area contributed by atoms with Crippen LogP contribution in [0.2, 0.25) is 0 Å². The third-order valence-electron chi connectivity index (χ3n) is 2.56. The number of ether oxygens (including phenoxy) is 1. The zero-order valence-electron chi connectivity index (χ0n) is 9.66. The van der Waals surface area contributed by atoms with E-state index in [1.165, 1.54) is 0 Å². The highest BCUT2D eigenvalue weighted by atomic mass is 16.5. The predicted octanol–water partition coefficient (Wildman–Crippen LogP) is 0.797. The molecule has 4 nitrogen and oxygen atoms in total. The monoisotopic (exact) mass is 214 g/mol. The summed E-state index contributed by atoms with van der Waals surface area (Å²) < 4.78 is 5.51. The van der Waals surface area contributed by atoms with Crippen LogP contribution in [0, 0.1) is 0 Å². The van der Waals surface area contributed by atoms with Gasteiger partial charge in [0.2, 0.25) is 5.91 Å². The molecule has 4 heteroatoms. The lowest BCUT2D eigenvalue weighted by Crippen LogP contribution is -2.37. The summed E-state index contributed by atoms with van der Waals surface area (Å²) in [5.74, 6) is 0.0375. The third kappa shape index (κ3) is 5.14. The lowest BCUT2D eigenvalue weighted by molar-refractivity contribution is -0.122. The number of carbonyl (C=O) groups is 1.